The SMILES string of the molecule is CO[C@H]1C[C@](OC)(c2cccc(COc3ccc4c(-c5ccsc5)c(CO)c(C(=O)O)cc4c3)c2)C1. The molecule has 5 rings (SSSR count). The molecule has 0 bridgehead atoms. The number of aromatic carboxylic acids is 1. The monoisotopic (exact) mass is 504 g/mol. The molecule has 6 nitrogen and oxygen atoms in total. The van der Waals surface area contributed by atoms with Crippen molar-refractivity contribution in [2.24, 2.45) is 0 Å². The maximum absolute atomic E-state index is 12.0. The summed E-state index contributed by atoms with van der Waals surface area (Å²) in [5.74, 6) is -0.429. The minimum absolute atomic E-state index is 0.0933. The molecule has 0 radical (unpaired) electrons. The fourth-order valence-electron chi connectivity index (χ4n) is 5.08. The van der Waals surface area contributed by atoms with Crippen LogP contribution in [0.5, 0.6) is 5.75 Å². The molecule has 2 N–H and O–H groups in total. The Morgan fingerprint density at radius 1 is 1.11 bits per heavy atom. The second-order valence-electron chi connectivity index (χ2n) is 9.09. The number of fused-ring (bicyclic) bond motifs is 1. The summed E-state index contributed by atoms with van der Waals surface area (Å²) in [4.78, 5) is 12.0. The number of rotatable bonds is 9. The summed E-state index contributed by atoms with van der Waals surface area (Å²) in [6.45, 7) is 0.0101. The second-order valence-corrected chi connectivity index (χ2v) is 9.87. The minimum Gasteiger partial charge on any atom is -0.489 e. The number of aliphatic hydroxyl groups excluding tert-OH is 1. The van der Waals surface area contributed by atoms with E-state index in [4.69, 9.17) is 14.2 Å². The highest BCUT2D eigenvalue weighted by atomic mass is 32.1. The van der Waals surface area contributed by atoms with Crippen molar-refractivity contribution < 1.29 is 29.2 Å². The molecular formula is C29H28O6S. The molecule has 1 aliphatic carbocycles. The van der Waals surface area contributed by atoms with Gasteiger partial charge in [-0.05, 0) is 74.1 Å². The Morgan fingerprint density at radius 2 is 1.94 bits per heavy atom. The number of hydrogen-bond acceptors (Lipinski definition) is 6. The Balaban J connectivity index is 1.44. The largest absolute Gasteiger partial charge is 0.489 e. The van der Waals surface area contributed by atoms with Gasteiger partial charge in [-0.15, -0.1) is 0 Å². The third kappa shape index (κ3) is 4.40. The first kappa shape index (κ1) is 24.5. The van der Waals surface area contributed by atoms with E-state index in [0.29, 0.717) is 17.9 Å². The van der Waals surface area contributed by atoms with Crippen LogP contribution in [-0.4, -0.2) is 36.5 Å². The van der Waals surface area contributed by atoms with Gasteiger partial charge in [0, 0.05) is 32.6 Å². The van der Waals surface area contributed by atoms with E-state index in [9.17, 15) is 15.0 Å². The number of carboxylic acids is 1. The quantitative estimate of drug-likeness (QED) is 0.291. The van der Waals surface area contributed by atoms with Crippen LogP contribution in [0.3, 0.4) is 0 Å². The van der Waals surface area contributed by atoms with Crippen LogP contribution in [0, 0.1) is 0 Å². The van der Waals surface area contributed by atoms with Crippen molar-refractivity contribution in [2.75, 3.05) is 14.2 Å². The summed E-state index contributed by atoms with van der Waals surface area (Å²) in [6.07, 6.45) is 1.86. The highest BCUT2D eigenvalue weighted by Gasteiger charge is 2.46. The highest BCUT2D eigenvalue weighted by molar-refractivity contribution is 7.08. The summed E-state index contributed by atoms with van der Waals surface area (Å²) < 4.78 is 17.4. The van der Waals surface area contributed by atoms with Gasteiger partial charge in [0.15, 0.2) is 0 Å². The number of carbonyl (C=O) groups is 1. The van der Waals surface area contributed by atoms with E-state index < -0.39 is 5.97 Å². The molecule has 4 aromatic rings. The van der Waals surface area contributed by atoms with Gasteiger partial charge in [-0.25, -0.2) is 4.79 Å². The number of hydrogen-bond donors (Lipinski definition) is 2. The molecular weight excluding hydrogens is 476 g/mol. The van der Waals surface area contributed by atoms with Crippen LogP contribution in [0.1, 0.15) is 39.9 Å². The van der Waals surface area contributed by atoms with Crippen LogP contribution in [0.15, 0.2) is 65.4 Å². The van der Waals surface area contributed by atoms with E-state index in [1.807, 2.05) is 47.2 Å². The zero-order valence-electron chi connectivity index (χ0n) is 20.2. The summed E-state index contributed by atoms with van der Waals surface area (Å²) in [7, 11) is 3.47. The topological polar surface area (TPSA) is 85.2 Å². The number of aliphatic hydroxyl groups is 1. The van der Waals surface area contributed by atoms with Crippen molar-refractivity contribution in [3.8, 4) is 16.9 Å². The molecule has 0 aliphatic heterocycles. The summed E-state index contributed by atoms with van der Waals surface area (Å²) in [5.41, 5.74) is 3.95. The van der Waals surface area contributed by atoms with E-state index in [-0.39, 0.29) is 23.9 Å². The zero-order chi connectivity index (χ0) is 25.3. The predicted octanol–water partition coefficient (Wildman–Crippen LogP) is 5.99. The number of ether oxygens (including phenoxy) is 3. The van der Waals surface area contributed by atoms with Gasteiger partial charge in [-0.3, -0.25) is 0 Å². The molecule has 1 saturated carbocycles. The van der Waals surface area contributed by atoms with Crippen molar-refractivity contribution in [3.63, 3.8) is 0 Å². The fourth-order valence-corrected chi connectivity index (χ4v) is 5.73. The molecule has 0 amide bonds. The molecule has 1 aromatic heterocycles. The minimum atomic E-state index is -1.07. The smallest absolute Gasteiger partial charge is 0.336 e. The molecule has 1 aliphatic rings. The van der Waals surface area contributed by atoms with Crippen LogP contribution in [0.25, 0.3) is 21.9 Å². The highest BCUT2D eigenvalue weighted by Crippen LogP contribution is 2.46. The first-order valence-corrected chi connectivity index (χ1v) is 12.7. The Morgan fingerprint density at radius 3 is 2.61 bits per heavy atom. The molecule has 3 aromatic carbocycles. The molecule has 1 heterocycles. The normalized spacial score (nSPS) is 19.2. The van der Waals surface area contributed by atoms with Gasteiger partial charge in [0.05, 0.1) is 23.9 Å². The Kier molecular flexibility index (Phi) is 6.81. The van der Waals surface area contributed by atoms with Crippen LogP contribution in [0.4, 0.5) is 0 Å². The second kappa shape index (κ2) is 10.0. The summed E-state index contributed by atoms with van der Waals surface area (Å²) >= 11 is 1.53. The van der Waals surface area contributed by atoms with Gasteiger partial charge in [0.1, 0.15) is 12.4 Å². The first-order chi connectivity index (χ1) is 17.5. The molecule has 186 valence electrons. The van der Waals surface area contributed by atoms with Crippen molar-refractivity contribution >= 4 is 28.1 Å². The van der Waals surface area contributed by atoms with E-state index in [1.54, 1.807) is 20.3 Å². The maximum Gasteiger partial charge on any atom is 0.336 e. The molecule has 0 unspecified atom stereocenters. The van der Waals surface area contributed by atoms with Crippen molar-refractivity contribution in [1.82, 2.24) is 0 Å². The number of benzene rings is 3. The third-order valence-electron chi connectivity index (χ3n) is 7.11. The lowest BCUT2D eigenvalue weighted by Gasteiger charge is -2.46. The number of carboxylic acid groups (broad SMARTS) is 1. The van der Waals surface area contributed by atoms with E-state index in [2.05, 4.69) is 12.1 Å². The zero-order valence-corrected chi connectivity index (χ0v) is 21.0. The summed E-state index contributed by atoms with van der Waals surface area (Å²) in [6, 6.07) is 17.4. The van der Waals surface area contributed by atoms with Gasteiger partial charge in [-0.1, -0.05) is 24.3 Å². The molecule has 36 heavy (non-hydrogen) atoms. The van der Waals surface area contributed by atoms with Crippen LogP contribution in [-0.2, 0) is 28.3 Å². The van der Waals surface area contributed by atoms with Crippen LogP contribution < -0.4 is 4.74 Å². The van der Waals surface area contributed by atoms with Crippen molar-refractivity contribution in [1.29, 1.82) is 0 Å². The van der Waals surface area contributed by atoms with Crippen molar-refractivity contribution in [3.05, 3.63) is 87.6 Å². The molecule has 0 saturated heterocycles. The Bertz CT molecular complexity index is 1390. The van der Waals surface area contributed by atoms with Gasteiger partial charge in [0.2, 0.25) is 0 Å². The lowest BCUT2D eigenvalue weighted by atomic mass is 9.72. The standard InChI is InChI=1S/C29H28O6S/c1-33-23-13-29(14-23,34-2)21-5-3-4-18(10-21)16-35-22-6-7-24-20(11-22)12-25(28(31)32)26(15-30)27(24)19-8-9-36-17-19/h3-12,17,23,30H,13-16H2,1-2H3,(H,31,32)/t23-,29+. The van der Waals surface area contributed by atoms with E-state index >= 15 is 0 Å². The molecule has 0 atom stereocenters. The lowest BCUT2D eigenvalue weighted by molar-refractivity contribution is -0.154. The Labute approximate surface area is 213 Å². The van der Waals surface area contributed by atoms with Crippen molar-refractivity contribution in [2.45, 2.75) is 37.8 Å². The summed E-state index contributed by atoms with van der Waals surface area (Å²) in [5, 5.41) is 25.3. The lowest BCUT2D eigenvalue weighted by Crippen LogP contribution is -2.47. The van der Waals surface area contributed by atoms with Crippen LogP contribution in [0.2, 0.25) is 0 Å². The number of methoxy groups -OCH3 is 2. The molecule has 1 fully saturated rings. The number of thiophene rings is 1. The van der Waals surface area contributed by atoms with Gasteiger partial charge >= 0.3 is 5.97 Å². The fraction of sp³-hybridized carbons (Fsp3) is 0.276. The maximum atomic E-state index is 12.0. The van der Waals surface area contributed by atoms with Gasteiger partial charge in [0.25, 0.3) is 0 Å². The van der Waals surface area contributed by atoms with Gasteiger partial charge < -0.3 is 24.4 Å². The third-order valence-corrected chi connectivity index (χ3v) is 7.80. The predicted molar refractivity (Wildman–Crippen MR) is 140 cm³/mol. The Hall–Kier alpha value is -3.23. The first-order valence-electron chi connectivity index (χ1n) is 11.7. The molecule has 7 heteroatoms. The van der Waals surface area contributed by atoms with Crippen LogP contribution >= 0.6 is 11.3 Å². The average Bonchev–Trinajstić information content (AvgIpc) is 3.41. The van der Waals surface area contributed by atoms with E-state index in [1.165, 1.54) is 11.3 Å². The van der Waals surface area contributed by atoms with Gasteiger partial charge in [-0.2, -0.15) is 11.3 Å². The van der Waals surface area contributed by atoms with E-state index in [0.717, 1.165) is 45.9 Å². The average molecular weight is 505 g/mol. The molecule has 0 spiro atoms.